The van der Waals surface area contributed by atoms with Gasteiger partial charge < -0.3 is 11.1 Å². The van der Waals surface area contributed by atoms with Gasteiger partial charge in [0.15, 0.2) is 0 Å². The van der Waals surface area contributed by atoms with Crippen molar-refractivity contribution in [1.29, 1.82) is 0 Å². The molecule has 6 heteroatoms. The molecule has 154 valence electrons. The Morgan fingerprint density at radius 2 is 1.79 bits per heavy atom. The molecule has 0 spiro atoms. The highest BCUT2D eigenvalue weighted by Gasteiger charge is 2.31. The van der Waals surface area contributed by atoms with Gasteiger partial charge in [-0.2, -0.15) is 0 Å². The molecular weight excluding hydrogens is 384 g/mol. The maximum absolute atomic E-state index is 13.4. The Morgan fingerprint density at radius 1 is 1.03 bits per heavy atom. The van der Waals surface area contributed by atoms with Gasteiger partial charge in [-0.25, -0.2) is 0 Å². The second-order valence-electron chi connectivity index (χ2n) is 7.96. The number of fused-ring (bicyclic) bond motifs is 1. The van der Waals surface area contributed by atoms with Gasteiger partial charge in [-0.1, -0.05) is 36.9 Å². The summed E-state index contributed by atoms with van der Waals surface area (Å²) in [5.41, 5.74) is 9.47. The predicted octanol–water partition coefficient (Wildman–Crippen LogP) is 4.52. The van der Waals surface area contributed by atoms with Crippen LogP contribution in [0.3, 0.4) is 0 Å². The maximum Gasteiger partial charge on any atom is 0.245 e. The van der Waals surface area contributed by atoms with Crippen molar-refractivity contribution in [3.05, 3.63) is 53.1 Å². The van der Waals surface area contributed by atoms with Crippen LogP contribution >= 0.6 is 11.6 Å². The largest absolute Gasteiger partial charge is 0.384 e. The highest BCUT2D eigenvalue weighted by molar-refractivity contribution is 6.31. The normalized spacial score (nSPS) is 18.4. The third-order valence-electron chi connectivity index (χ3n) is 5.94. The Kier molecular flexibility index (Phi) is 6.38. The summed E-state index contributed by atoms with van der Waals surface area (Å²) in [6.07, 6.45) is 6.17. The molecule has 3 N–H and O–H groups in total. The zero-order valence-electron chi connectivity index (χ0n) is 16.7. The topological polar surface area (TPSA) is 61.6 Å². The van der Waals surface area contributed by atoms with E-state index in [0.717, 1.165) is 35.7 Å². The third kappa shape index (κ3) is 4.58. The highest BCUT2D eigenvalue weighted by Crippen LogP contribution is 2.36. The third-order valence-corrected chi connectivity index (χ3v) is 6.17. The van der Waals surface area contributed by atoms with Gasteiger partial charge in [-0.05, 0) is 54.8 Å². The van der Waals surface area contributed by atoms with Gasteiger partial charge in [0.1, 0.15) is 0 Å². The Labute approximate surface area is 177 Å². The number of carbonyl (C=O) groups excluding carboxylic acids is 1. The number of amides is 1. The first-order valence-electron chi connectivity index (χ1n) is 10.5. The zero-order valence-corrected chi connectivity index (χ0v) is 17.5. The molecule has 1 aliphatic heterocycles. The van der Waals surface area contributed by atoms with Crippen molar-refractivity contribution in [1.82, 2.24) is 4.90 Å². The van der Waals surface area contributed by atoms with Gasteiger partial charge >= 0.3 is 0 Å². The van der Waals surface area contributed by atoms with Crippen LogP contribution in [0.4, 0.5) is 17.1 Å². The average molecular weight is 413 g/mol. The van der Waals surface area contributed by atoms with Crippen LogP contribution in [0, 0.1) is 0 Å². The molecule has 1 saturated carbocycles. The Bertz CT molecular complexity index is 848. The molecule has 29 heavy (non-hydrogen) atoms. The van der Waals surface area contributed by atoms with Crippen molar-refractivity contribution < 1.29 is 4.79 Å². The van der Waals surface area contributed by atoms with E-state index >= 15 is 0 Å². The molecule has 1 fully saturated rings. The van der Waals surface area contributed by atoms with Crippen molar-refractivity contribution in [3.63, 3.8) is 0 Å². The summed E-state index contributed by atoms with van der Waals surface area (Å²) in [6.45, 7) is 2.52. The molecular formula is C23H29ClN4O. The summed E-state index contributed by atoms with van der Waals surface area (Å²) in [5.74, 6) is 0.0965. The van der Waals surface area contributed by atoms with Gasteiger partial charge in [-0.3, -0.25) is 14.6 Å². The summed E-state index contributed by atoms with van der Waals surface area (Å²) < 4.78 is 0. The number of nitrogens with two attached hydrogens (primary N) is 1. The second-order valence-corrected chi connectivity index (χ2v) is 8.40. The molecule has 1 heterocycles. The molecule has 1 aliphatic carbocycles. The van der Waals surface area contributed by atoms with Crippen LogP contribution in [0.1, 0.15) is 37.7 Å². The van der Waals surface area contributed by atoms with E-state index < -0.39 is 0 Å². The SMILES string of the molecule is NCCNc1ccc(N2C(=O)CN(C3CCCCC3)Cc3ccc(Cl)cc32)cc1. The van der Waals surface area contributed by atoms with Crippen LogP contribution < -0.4 is 16.0 Å². The van der Waals surface area contributed by atoms with E-state index in [9.17, 15) is 4.79 Å². The molecule has 0 bridgehead atoms. The predicted molar refractivity (Wildman–Crippen MR) is 120 cm³/mol. The van der Waals surface area contributed by atoms with Crippen molar-refractivity contribution >= 4 is 34.6 Å². The first-order valence-corrected chi connectivity index (χ1v) is 10.9. The number of nitrogens with one attached hydrogen (secondary N) is 1. The van der Waals surface area contributed by atoms with Gasteiger partial charge in [0.25, 0.3) is 0 Å². The summed E-state index contributed by atoms with van der Waals surface area (Å²) in [7, 11) is 0. The number of halogens is 1. The molecule has 0 atom stereocenters. The highest BCUT2D eigenvalue weighted by atomic mass is 35.5. The number of hydrogen-bond acceptors (Lipinski definition) is 4. The van der Waals surface area contributed by atoms with Crippen molar-refractivity contribution in [2.75, 3.05) is 29.9 Å². The van der Waals surface area contributed by atoms with Crippen LogP contribution in [0.25, 0.3) is 0 Å². The first-order chi connectivity index (χ1) is 14.2. The summed E-state index contributed by atoms with van der Waals surface area (Å²) >= 11 is 6.32. The van der Waals surface area contributed by atoms with Crippen LogP contribution in [0.5, 0.6) is 0 Å². The fourth-order valence-electron chi connectivity index (χ4n) is 4.46. The Hall–Kier alpha value is -2.08. The van der Waals surface area contributed by atoms with Crippen LogP contribution in [0.15, 0.2) is 42.5 Å². The Balaban J connectivity index is 1.66. The van der Waals surface area contributed by atoms with E-state index in [1.807, 2.05) is 41.3 Å². The molecule has 5 nitrogen and oxygen atoms in total. The quantitative estimate of drug-likeness (QED) is 0.757. The minimum atomic E-state index is 0.0965. The fourth-order valence-corrected chi connectivity index (χ4v) is 4.63. The van der Waals surface area contributed by atoms with Crippen molar-refractivity contribution in [3.8, 4) is 0 Å². The van der Waals surface area contributed by atoms with E-state index in [0.29, 0.717) is 24.2 Å². The first kappa shape index (κ1) is 20.2. The van der Waals surface area contributed by atoms with E-state index in [4.69, 9.17) is 17.3 Å². The van der Waals surface area contributed by atoms with Crippen LogP contribution in [-0.4, -0.2) is 36.5 Å². The molecule has 4 rings (SSSR count). The summed E-state index contributed by atoms with van der Waals surface area (Å²) in [5, 5.41) is 3.92. The number of carbonyl (C=O) groups is 1. The van der Waals surface area contributed by atoms with Crippen LogP contribution in [0.2, 0.25) is 5.02 Å². The minimum absolute atomic E-state index is 0.0965. The lowest BCUT2D eigenvalue weighted by Crippen LogP contribution is -2.41. The number of benzene rings is 2. The smallest absolute Gasteiger partial charge is 0.245 e. The molecule has 0 aromatic heterocycles. The number of nitrogens with zero attached hydrogens (tertiary/aromatic N) is 2. The van der Waals surface area contributed by atoms with Crippen LogP contribution in [-0.2, 0) is 11.3 Å². The monoisotopic (exact) mass is 412 g/mol. The van der Waals surface area contributed by atoms with Gasteiger partial charge in [0, 0.05) is 42.1 Å². The molecule has 2 aromatic carbocycles. The number of hydrogen-bond donors (Lipinski definition) is 2. The van der Waals surface area contributed by atoms with Gasteiger partial charge in [-0.15, -0.1) is 0 Å². The number of anilines is 3. The van der Waals surface area contributed by atoms with Gasteiger partial charge in [0.2, 0.25) is 5.91 Å². The lowest BCUT2D eigenvalue weighted by Gasteiger charge is -2.33. The van der Waals surface area contributed by atoms with Crippen molar-refractivity contribution in [2.24, 2.45) is 5.73 Å². The van der Waals surface area contributed by atoms with E-state index in [2.05, 4.69) is 16.3 Å². The molecule has 2 aromatic rings. The zero-order chi connectivity index (χ0) is 20.2. The standard InChI is InChI=1S/C23H29ClN4O/c24-18-7-6-17-15-27(20-4-2-1-3-5-20)16-23(29)28(22(17)14-18)21-10-8-19(9-11-21)26-13-12-25/h6-11,14,20,26H,1-5,12-13,15-16,25H2. The van der Waals surface area contributed by atoms with Crippen molar-refractivity contribution in [2.45, 2.75) is 44.7 Å². The molecule has 0 saturated heterocycles. The van der Waals surface area contributed by atoms with Gasteiger partial charge in [0.05, 0.1) is 12.2 Å². The van der Waals surface area contributed by atoms with E-state index in [1.165, 1.54) is 32.1 Å². The minimum Gasteiger partial charge on any atom is -0.384 e. The lowest BCUT2D eigenvalue weighted by atomic mass is 9.94. The fraction of sp³-hybridized carbons (Fsp3) is 0.435. The average Bonchev–Trinajstić information content (AvgIpc) is 2.89. The molecule has 0 unspecified atom stereocenters. The van der Waals surface area contributed by atoms with E-state index in [1.54, 1.807) is 0 Å². The summed E-state index contributed by atoms with van der Waals surface area (Å²) in [4.78, 5) is 17.6. The second kappa shape index (κ2) is 9.16. The number of rotatable bonds is 5. The van der Waals surface area contributed by atoms with E-state index in [-0.39, 0.29) is 5.91 Å². The lowest BCUT2D eigenvalue weighted by molar-refractivity contribution is -0.119. The molecule has 0 radical (unpaired) electrons. The maximum atomic E-state index is 13.4. The molecule has 2 aliphatic rings. The summed E-state index contributed by atoms with van der Waals surface area (Å²) in [6, 6.07) is 14.3. The molecule has 1 amide bonds. The Morgan fingerprint density at radius 3 is 2.52 bits per heavy atom.